The van der Waals surface area contributed by atoms with Crippen molar-refractivity contribution in [3.63, 3.8) is 0 Å². The van der Waals surface area contributed by atoms with Gasteiger partial charge in [-0.25, -0.2) is 9.37 Å². The van der Waals surface area contributed by atoms with Crippen molar-refractivity contribution in [1.29, 1.82) is 0 Å². The summed E-state index contributed by atoms with van der Waals surface area (Å²) in [4.78, 5) is 23.9. The minimum Gasteiger partial charge on any atom is -0.378 e. The molecule has 0 saturated carbocycles. The molecule has 218 valence electrons. The number of hydrogen-bond donors (Lipinski definition) is 0. The highest BCUT2D eigenvalue weighted by atomic mass is 35.5. The summed E-state index contributed by atoms with van der Waals surface area (Å²) in [6, 6.07) is 11.5. The second-order valence-corrected chi connectivity index (χ2v) is 11.1. The Balaban J connectivity index is 1.39. The molecule has 6 nitrogen and oxygen atoms in total. The molecule has 2 fully saturated rings. The van der Waals surface area contributed by atoms with E-state index in [1.54, 1.807) is 35.4 Å². The van der Waals surface area contributed by atoms with Crippen molar-refractivity contribution in [2.45, 2.75) is 24.7 Å². The van der Waals surface area contributed by atoms with Gasteiger partial charge in [0.15, 0.2) is 0 Å². The third-order valence-corrected chi connectivity index (χ3v) is 8.35. The van der Waals surface area contributed by atoms with Crippen LogP contribution in [0.1, 0.15) is 33.0 Å². The predicted octanol–water partition coefficient (Wildman–Crippen LogP) is 6.12. The number of aromatic nitrogens is 1. The van der Waals surface area contributed by atoms with E-state index in [1.807, 2.05) is 18.0 Å². The van der Waals surface area contributed by atoms with Crippen LogP contribution in [-0.4, -0.2) is 73.2 Å². The summed E-state index contributed by atoms with van der Waals surface area (Å²) < 4.78 is 58.9. The van der Waals surface area contributed by atoms with E-state index in [-0.39, 0.29) is 24.4 Å². The SMILES string of the molecule is CN(Cc1ccc(C(F)(F)F)c(F)c1)C1CN(C(=O)c2ccnc(N3CCOCC3)c2)CC1c1ccc(Cl)c(Cl)c1. The van der Waals surface area contributed by atoms with Gasteiger partial charge in [-0.2, -0.15) is 13.2 Å². The van der Waals surface area contributed by atoms with E-state index in [2.05, 4.69) is 9.88 Å². The summed E-state index contributed by atoms with van der Waals surface area (Å²) in [6.07, 6.45) is -3.15. The minimum absolute atomic E-state index is 0.163. The lowest BCUT2D eigenvalue weighted by Gasteiger charge is -2.29. The fraction of sp³-hybridized carbons (Fsp3) is 0.379. The number of morpholine rings is 1. The molecule has 0 N–H and O–H groups in total. The molecule has 3 heterocycles. The number of ether oxygens (including phenoxy) is 1. The number of rotatable bonds is 6. The van der Waals surface area contributed by atoms with E-state index >= 15 is 0 Å². The van der Waals surface area contributed by atoms with Gasteiger partial charge in [0.1, 0.15) is 11.6 Å². The normalized spacial score (nSPS) is 19.7. The summed E-state index contributed by atoms with van der Waals surface area (Å²) in [5.74, 6) is -0.958. The number of halogens is 6. The third kappa shape index (κ3) is 6.61. The lowest BCUT2D eigenvalue weighted by Crippen LogP contribution is -2.38. The Hall–Kier alpha value is -2.92. The zero-order chi connectivity index (χ0) is 29.3. The summed E-state index contributed by atoms with van der Waals surface area (Å²) >= 11 is 12.5. The van der Waals surface area contributed by atoms with Gasteiger partial charge in [0.2, 0.25) is 0 Å². The first-order chi connectivity index (χ1) is 19.5. The highest BCUT2D eigenvalue weighted by Gasteiger charge is 2.39. The van der Waals surface area contributed by atoms with Crippen LogP contribution < -0.4 is 4.90 Å². The number of pyridine rings is 1. The first-order valence-corrected chi connectivity index (χ1v) is 13.9. The average molecular weight is 611 g/mol. The number of hydrogen-bond acceptors (Lipinski definition) is 5. The van der Waals surface area contributed by atoms with Crippen molar-refractivity contribution in [2.24, 2.45) is 0 Å². The van der Waals surface area contributed by atoms with Crippen molar-refractivity contribution in [3.05, 3.63) is 92.8 Å². The molecule has 1 amide bonds. The van der Waals surface area contributed by atoms with Crippen molar-refractivity contribution in [3.8, 4) is 0 Å². The van der Waals surface area contributed by atoms with E-state index in [4.69, 9.17) is 27.9 Å². The Morgan fingerprint density at radius 2 is 1.80 bits per heavy atom. The molecule has 3 aromatic rings. The number of anilines is 1. The van der Waals surface area contributed by atoms with E-state index in [0.717, 1.165) is 17.7 Å². The number of amides is 1. The number of likely N-dealkylation sites (N-methyl/N-ethyl adjacent to an activating group) is 1. The molecule has 0 bridgehead atoms. The predicted molar refractivity (Wildman–Crippen MR) is 149 cm³/mol. The Morgan fingerprint density at radius 1 is 1.05 bits per heavy atom. The zero-order valence-corrected chi connectivity index (χ0v) is 23.7. The molecule has 5 rings (SSSR count). The molecule has 2 atom stereocenters. The van der Waals surface area contributed by atoms with Crippen LogP contribution in [0.4, 0.5) is 23.4 Å². The van der Waals surface area contributed by atoms with E-state index in [9.17, 15) is 22.4 Å². The number of alkyl halides is 3. The Kier molecular flexibility index (Phi) is 8.75. The molecule has 0 aliphatic carbocycles. The maximum atomic E-state index is 14.3. The fourth-order valence-corrected chi connectivity index (χ4v) is 5.77. The van der Waals surface area contributed by atoms with Crippen LogP contribution in [0.3, 0.4) is 0 Å². The topological polar surface area (TPSA) is 48.9 Å². The van der Waals surface area contributed by atoms with Gasteiger partial charge in [0, 0.05) is 56.4 Å². The molecule has 2 aliphatic heterocycles. The van der Waals surface area contributed by atoms with Crippen LogP contribution in [-0.2, 0) is 17.5 Å². The van der Waals surface area contributed by atoms with Crippen LogP contribution in [0.2, 0.25) is 10.0 Å². The quantitative estimate of drug-likeness (QED) is 0.315. The molecule has 2 aromatic carbocycles. The standard InChI is InChI=1S/C29H28Cl2F4N4O2/c1-37(15-18-2-4-22(25(32)12-18)29(33,34)35)26-17-39(16-21(26)19-3-5-23(30)24(31)13-19)28(40)20-6-7-36-27(14-20)38-8-10-41-11-9-38/h2-7,12-14,21,26H,8-11,15-17H2,1H3. The van der Waals surface area contributed by atoms with Crippen LogP contribution in [0.15, 0.2) is 54.7 Å². The summed E-state index contributed by atoms with van der Waals surface area (Å²) in [7, 11) is 1.81. The number of likely N-dealkylation sites (tertiary alicyclic amines) is 1. The van der Waals surface area contributed by atoms with Gasteiger partial charge in [-0.15, -0.1) is 0 Å². The van der Waals surface area contributed by atoms with Crippen LogP contribution in [0.5, 0.6) is 0 Å². The number of benzene rings is 2. The van der Waals surface area contributed by atoms with Crippen molar-refractivity contribution >= 4 is 34.9 Å². The van der Waals surface area contributed by atoms with Crippen LogP contribution in [0, 0.1) is 5.82 Å². The molecule has 2 unspecified atom stereocenters. The largest absolute Gasteiger partial charge is 0.419 e. The summed E-state index contributed by atoms with van der Waals surface area (Å²) in [5, 5.41) is 0.781. The molecule has 2 saturated heterocycles. The molecule has 0 radical (unpaired) electrons. The van der Waals surface area contributed by atoms with Gasteiger partial charge in [0.05, 0.1) is 28.8 Å². The highest BCUT2D eigenvalue weighted by Crippen LogP contribution is 2.36. The Morgan fingerprint density at radius 3 is 2.49 bits per heavy atom. The maximum absolute atomic E-state index is 14.3. The van der Waals surface area contributed by atoms with E-state index < -0.39 is 17.6 Å². The molecule has 41 heavy (non-hydrogen) atoms. The van der Waals surface area contributed by atoms with Gasteiger partial charge in [0.25, 0.3) is 5.91 Å². The van der Waals surface area contributed by atoms with Crippen molar-refractivity contribution in [2.75, 3.05) is 51.3 Å². The highest BCUT2D eigenvalue weighted by molar-refractivity contribution is 6.42. The monoisotopic (exact) mass is 610 g/mol. The molecule has 1 aromatic heterocycles. The molecule has 12 heteroatoms. The van der Waals surface area contributed by atoms with Crippen LogP contribution >= 0.6 is 23.2 Å². The van der Waals surface area contributed by atoms with E-state index in [0.29, 0.717) is 66.4 Å². The number of carbonyl (C=O) groups excluding carboxylic acids is 1. The number of nitrogens with zero attached hydrogens (tertiary/aromatic N) is 4. The van der Waals surface area contributed by atoms with Gasteiger partial charge in [-0.3, -0.25) is 9.69 Å². The average Bonchev–Trinajstić information content (AvgIpc) is 3.40. The van der Waals surface area contributed by atoms with Gasteiger partial charge < -0.3 is 14.5 Å². The summed E-state index contributed by atoms with van der Waals surface area (Å²) in [5.41, 5.74) is 0.459. The lowest BCUT2D eigenvalue weighted by molar-refractivity contribution is -0.140. The number of carbonyl (C=O) groups is 1. The maximum Gasteiger partial charge on any atom is 0.419 e. The van der Waals surface area contributed by atoms with E-state index in [1.165, 1.54) is 6.07 Å². The molecule has 0 spiro atoms. The Bertz CT molecular complexity index is 1420. The molecular weight excluding hydrogens is 583 g/mol. The second-order valence-electron chi connectivity index (χ2n) is 10.3. The third-order valence-electron chi connectivity index (χ3n) is 7.61. The summed E-state index contributed by atoms with van der Waals surface area (Å²) in [6.45, 7) is 3.45. The van der Waals surface area contributed by atoms with Crippen molar-refractivity contribution < 1.29 is 27.1 Å². The molecular formula is C29H28Cl2F4N4O2. The first kappa shape index (κ1) is 29.6. The van der Waals surface area contributed by atoms with Gasteiger partial charge in [-0.05, 0) is 54.6 Å². The molecule has 2 aliphatic rings. The zero-order valence-electron chi connectivity index (χ0n) is 22.2. The minimum atomic E-state index is -4.77. The lowest BCUT2D eigenvalue weighted by atomic mass is 9.93. The van der Waals surface area contributed by atoms with Gasteiger partial charge in [-0.1, -0.05) is 35.3 Å². The second kappa shape index (κ2) is 12.1. The van der Waals surface area contributed by atoms with Crippen molar-refractivity contribution in [1.82, 2.24) is 14.8 Å². The Labute approximate surface area is 245 Å². The first-order valence-electron chi connectivity index (χ1n) is 13.1. The van der Waals surface area contributed by atoms with Crippen LogP contribution in [0.25, 0.3) is 0 Å². The van der Waals surface area contributed by atoms with Gasteiger partial charge >= 0.3 is 6.18 Å². The smallest absolute Gasteiger partial charge is 0.378 e. The fourth-order valence-electron chi connectivity index (χ4n) is 5.46.